The topological polar surface area (TPSA) is 15.7 Å². The van der Waals surface area contributed by atoms with E-state index in [1.807, 2.05) is 0 Å². The first-order chi connectivity index (χ1) is 6.27. The van der Waals surface area contributed by atoms with Crippen molar-refractivity contribution in [1.29, 1.82) is 0 Å². The summed E-state index contributed by atoms with van der Waals surface area (Å²) in [5.74, 6) is 0. The predicted octanol–water partition coefficient (Wildman–Crippen LogP) is 0.784. The molecule has 2 unspecified atom stereocenters. The van der Waals surface area contributed by atoms with Crippen molar-refractivity contribution in [3.05, 3.63) is 0 Å². The molecule has 2 rings (SSSR count). The van der Waals surface area contributed by atoms with Crippen molar-refractivity contribution < 1.29 is 4.74 Å². The smallest absolute Gasteiger partial charge is 0.0634 e. The van der Waals surface area contributed by atoms with Gasteiger partial charge in [0.2, 0.25) is 0 Å². The molecule has 0 radical (unpaired) electrons. The van der Waals surface area contributed by atoms with Gasteiger partial charge in [0, 0.05) is 32.2 Å². The van der Waals surface area contributed by atoms with Crippen LogP contribution in [0.5, 0.6) is 0 Å². The Kier molecular flexibility index (Phi) is 3.45. The minimum atomic E-state index is 0.653. The van der Waals surface area contributed by atoms with Gasteiger partial charge in [0.15, 0.2) is 0 Å². The summed E-state index contributed by atoms with van der Waals surface area (Å²) in [6.07, 6.45) is 0. The largest absolute Gasteiger partial charge is 0.378 e. The van der Waals surface area contributed by atoms with Crippen molar-refractivity contribution in [2.45, 2.75) is 17.0 Å². The lowest BCUT2D eigenvalue weighted by Crippen LogP contribution is -2.58. The van der Waals surface area contributed by atoms with Gasteiger partial charge in [0.05, 0.1) is 17.3 Å². The second kappa shape index (κ2) is 4.42. The molecule has 76 valence electrons. The van der Waals surface area contributed by atoms with E-state index in [2.05, 4.69) is 39.3 Å². The fourth-order valence-corrected chi connectivity index (χ4v) is 2.60. The molecule has 0 aromatic heterocycles. The maximum absolute atomic E-state index is 5.50. The third-order valence-corrected chi connectivity index (χ3v) is 3.76. The molecule has 13 heavy (non-hydrogen) atoms. The maximum atomic E-state index is 5.50. The highest BCUT2D eigenvalue weighted by Gasteiger charge is 2.30. The first-order valence-corrected chi connectivity index (χ1v) is 6.22. The fourth-order valence-electron chi connectivity index (χ4n) is 2.09. The number of alkyl halides is 1. The summed E-state index contributed by atoms with van der Waals surface area (Å²) < 4.78 is 6.15. The van der Waals surface area contributed by atoms with Gasteiger partial charge < -0.3 is 4.74 Å². The molecule has 3 nitrogen and oxygen atoms in total. The molecule has 0 aromatic rings. The molecule has 0 N–H and O–H groups in total. The van der Waals surface area contributed by atoms with Crippen LogP contribution in [0.15, 0.2) is 0 Å². The van der Waals surface area contributed by atoms with Crippen LogP contribution in [0.25, 0.3) is 0 Å². The Morgan fingerprint density at radius 1 is 1.38 bits per heavy atom. The van der Waals surface area contributed by atoms with E-state index in [4.69, 9.17) is 4.74 Å². The van der Waals surface area contributed by atoms with Crippen molar-refractivity contribution in [3.63, 3.8) is 0 Å². The highest BCUT2D eigenvalue weighted by atomic mass is 127. The van der Waals surface area contributed by atoms with Gasteiger partial charge in [0.1, 0.15) is 0 Å². The minimum Gasteiger partial charge on any atom is -0.378 e. The number of nitrogens with zero attached hydrogens (tertiary/aromatic N) is 2. The van der Waals surface area contributed by atoms with E-state index in [0.717, 1.165) is 19.8 Å². The quantitative estimate of drug-likeness (QED) is 0.404. The van der Waals surface area contributed by atoms with E-state index in [-0.39, 0.29) is 0 Å². The molecule has 2 aliphatic heterocycles. The summed E-state index contributed by atoms with van der Waals surface area (Å²) in [6.45, 7) is 8.89. The molecule has 2 fully saturated rings. The zero-order chi connectivity index (χ0) is 9.26. The summed E-state index contributed by atoms with van der Waals surface area (Å²) in [4.78, 5) is 5.11. The van der Waals surface area contributed by atoms with Crippen LogP contribution in [0.4, 0.5) is 0 Å². The fraction of sp³-hybridized carbons (Fsp3) is 1.00. The lowest BCUT2D eigenvalue weighted by molar-refractivity contribution is -0.0447. The van der Waals surface area contributed by atoms with Crippen LogP contribution in [0.1, 0.15) is 6.92 Å². The Bertz CT molecular complexity index is 177. The minimum absolute atomic E-state index is 0.653. The Labute approximate surface area is 93.5 Å². The average Bonchev–Trinajstić information content (AvgIpc) is 2.17. The van der Waals surface area contributed by atoms with Crippen molar-refractivity contribution >= 4 is 22.6 Å². The predicted molar refractivity (Wildman–Crippen MR) is 61.2 cm³/mol. The normalized spacial score (nSPS) is 34.2. The number of halogens is 1. The Balaban J connectivity index is 1.91. The van der Waals surface area contributed by atoms with Gasteiger partial charge in [-0.1, -0.05) is 22.6 Å². The van der Waals surface area contributed by atoms with Crippen LogP contribution in [0.2, 0.25) is 0 Å². The van der Waals surface area contributed by atoms with Crippen LogP contribution >= 0.6 is 22.6 Å². The lowest BCUT2D eigenvalue weighted by atomic mass is 10.1. The standard InChI is InChI=1S/C9H17IN2O/c1-8(10)12-3-2-11-4-5-13-7-9(11)6-12/h8-9H,2-7H2,1H3. The zero-order valence-electron chi connectivity index (χ0n) is 8.08. The molecule has 2 aliphatic rings. The molecular formula is C9H17IN2O. The number of hydrogen-bond acceptors (Lipinski definition) is 3. The molecular weight excluding hydrogens is 279 g/mol. The molecule has 2 heterocycles. The molecule has 0 spiro atoms. The average molecular weight is 296 g/mol. The molecule has 2 saturated heterocycles. The summed E-state index contributed by atoms with van der Waals surface area (Å²) in [6, 6.07) is 0.653. The third-order valence-electron chi connectivity index (χ3n) is 2.97. The van der Waals surface area contributed by atoms with Gasteiger partial charge in [-0.05, 0) is 6.92 Å². The summed E-state index contributed by atoms with van der Waals surface area (Å²) >= 11 is 2.49. The second-order valence-corrected chi connectivity index (χ2v) is 5.64. The van der Waals surface area contributed by atoms with Crippen molar-refractivity contribution in [3.8, 4) is 0 Å². The van der Waals surface area contributed by atoms with Gasteiger partial charge in [-0.25, -0.2) is 0 Å². The van der Waals surface area contributed by atoms with Gasteiger partial charge in [-0.3, -0.25) is 9.80 Å². The van der Waals surface area contributed by atoms with E-state index in [1.54, 1.807) is 0 Å². The van der Waals surface area contributed by atoms with E-state index < -0.39 is 0 Å². The number of piperazine rings is 1. The number of ether oxygens (including phenoxy) is 1. The first kappa shape index (κ1) is 10.1. The van der Waals surface area contributed by atoms with Crippen molar-refractivity contribution in [2.24, 2.45) is 0 Å². The van der Waals surface area contributed by atoms with Gasteiger partial charge in [-0.2, -0.15) is 0 Å². The van der Waals surface area contributed by atoms with E-state index in [1.165, 1.54) is 19.6 Å². The van der Waals surface area contributed by atoms with Crippen LogP contribution in [-0.2, 0) is 4.74 Å². The highest BCUT2D eigenvalue weighted by molar-refractivity contribution is 14.1. The van der Waals surface area contributed by atoms with Crippen LogP contribution in [0.3, 0.4) is 0 Å². The number of rotatable bonds is 1. The van der Waals surface area contributed by atoms with Gasteiger partial charge >= 0.3 is 0 Å². The molecule has 4 heteroatoms. The zero-order valence-corrected chi connectivity index (χ0v) is 10.2. The second-order valence-electron chi connectivity index (χ2n) is 3.83. The Morgan fingerprint density at radius 3 is 3.00 bits per heavy atom. The van der Waals surface area contributed by atoms with E-state index >= 15 is 0 Å². The van der Waals surface area contributed by atoms with Gasteiger partial charge in [-0.15, -0.1) is 0 Å². The third kappa shape index (κ3) is 2.34. The monoisotopic (exact) mass is 296 g/mol. The summed E-state index contributed by atoms with van der Waals surface area (Å²) in [5, 5.41) is 0. The van der Waals surface area contributed by atoms with E-state index in [0.29, 0.717) is 10.1 Å². The van der Waals surface area contributed by atoms with Crippen molar-refractivity contribution in [1.82, 2.24) is 9.80 Å². The summed E-state index contributed by atoms with van der Waals surface area (Å²) in [7, 11) is 0. The number of morpholine rings is 1. The van der Waals surface area contributed by atoms with Crippen LogP contribution in [0, 0.1) is 0 Å². The molecule has 0 amide bonds. The Hall–Kier alpha value is 0.610. The van der Waals surface area contributed by atoms with Crippen molar-refractivity contribution in [2.75, 3.05) is 39.4 Å². The van der Waals surface area contributed by atoms with Crippen LogP contribution < -0.4 is 0 Å². The molecule has 0 aliphatic carbocycles. The molecule has 0 bridgehead atoms. The highest BCUT2D eigenvalue weighted by Crippen LogP contribution is 2.17. The number of fused-ring (bicyclic) bond motifs is 1. The van der Waals surface area contributed by atoms with E-state index in [9.17, 15) is 0 Å². The summed E-state index contributed by atoms with van der Waals surface area (Å²) in [5.41, 5.74) is 0. The number of hydrogen-bond donors (Lipinski definition) is 0. The van der Waals surface area contributed by atoms with Gasteiger partial charge in [0.25, 0.3) is 0 Å². The lowest BCUT2D eigenvalue weighted by Gasteiger charge is -2.44. The van der Waals surface area contributed by atoms with Crippen LogP contribution in [-0.4, -0.2) is 59.3 Å². The SMILES string of the molecule is CC(I)N1CCN2CCOCC2C1. The molecule has 2 atom stereocenters. The first-order valence-electron chi connectivity index (χ1n) is 4.97. The molecule has 0 saturated carbocycles. The Morgan fingerprint density at radius 2 is 2.23 bits per heavy atom. The maximum Gasteiger partial charge on any atom is 0.0634 e. The molecule has 0 aromatic carbocycles.